The summed E-state index contributed by atoms with van der Waals surface area (Å²) in [6, 6.07) is 10.2. The molecule has 2 atom stereocenters. The zero-order valence-corrected chi connectivity index (χ0v) is 22.8. The van der Waals surface area contributed by atoms with E-state index in [0.717, 1.165) is 35.1 Å². The van der Waals surface area contributed by atoms with E-state index in [9.17, 15) is 9.90 Å². The molecular weight excluding hydrogens is 462 g/mol. The predicted octanol–water partition coefficient (Wildman–Crippen LogP) is 6.32. The summed E-state index contributed by atoms with van der Waals surface area (Å²) in [6.07, 6.45) is 4.18. The van der Waals surface area contributed by atoms with E-state index < -0.39 is 0 Å². The van der Waals surface area contributed by atoms with E-state index in [0.29, 0.717) is 52.5 Å². The Labute approximate surface area is 217 Å². The van der Waals surface area contributed by atoms with Gasteiger partial charge in [-0.2, -0.15) is 0 Å². The van der Waals surface area contributed by atoms with Gasteiger partial charge in [-0.05, 0) is 67.2 Å². The summed E-state index contributed by atoms with van der Waals surface area (Å²) >= 11 is 0. The van der Waals surface area contributed by atoms with Crippen LogP contribution >= 0.6 is 0 Å². The Morgan fingerprint density at radius 1 is 1.19 bits per heavy atom. The molecule has 0 amide bonds. The molecule has 1 aliphatic carbocycles. The van der Waals surface area contributed by atoms with Gasteiger partial charge in [-0.1, -0.05) is 39.8 Å². The topological polar surface area (TPSA) is 71.5 Å². The van der Waals surface area contributed by atoms with Gasteiger partial charge in [-0.15, -0.1) is 0 Å². The van der Waals surface area contributed by atoms with Crippen LogP contribution in [0.15, 0.2) is 39.5 Å². The van der Waals surface area contributed by atoms with Gasteiger partial charge < -0.3 is 14.1 Å². The first-order valence-corrected chi connectivity index (χ1v) is 13.5. The number of likely N-dealkylation sites (tertiary alicyclic amines) is 1. The maximum atomic E-state index is 14.1. The van der Waals surface area contributed by atoms with Gasteiger partial charge in [0.1, 0.15) is 28.5 Å². The van der Waals surface area contributed by atoms with Crippen LogP contribution in [0.3, 0.4) is 0 Å². The van der Waals surface area contributed by atoms with Crippen molar-refractivity contribution in [1.82, 2.24) is 14.5 Å². The lowest BCUT2D eigenvalue weighted by atomic mass is 9.65. The number of aromatic hydroxyl groups is 1. The second-order valence-electron chi connectivity index (χ2n) is 12.6. The van der Waals surface area contributed by atoms with Gasteiger partial charge in [0.2, 0.25) is 5.43 Å². The van der Waals surface area contributed by atoms with E-state index in [1.54, 1.807) is 0 Å². The highest BCUT2D eigenvalue weighted by Crippen LogP contribution is 2.53. The van der Waals surface area contributed by atoms with E-state index in [-0.39, 0.29) is 16.6 Å². The van der Waals surface area contributed by atoms with Crippen LogP contribution in [0.2, 0.25) is 0 Å². The number of aromatic nitrogens is 2. The number of rotatable bonds is 4. The number of fused-ring (bicyclic) bond motifs is 4. The van der Waals surface area contributed by atoms with Crippen molar-refractivity contribution in [3.8, 4) is 17.1 Å². The summed E-state index contributed by atoms with van der Waals surface area (Å²) in [5.74, 6) is 1.39. The molecular formula is C31H37N3O3. The van der Waals surface area contributed by atoms with Gasteiger partial charge in [0.05, 0.1) is 22.0 Å². The molecule has 2 aromatic heterocycles. The number of nitrogens with zero attached hydrogens (tertiary/aromatic N) is 3. The standard InChI is InChI=1S/C31H37N3O3/c1-7-19-12-21-27(36)25(29-32-23-10-8-9-11-24(23)33(29)6)18(2)37-28(21)22(26(19)35)15-34-17-31(5)14-20(34)13-30(3,4)16-31/h8-12,20,35H,7,13-17H2,1-6H3/t20-,31-/m0/s1. The molecule has 2 fully saturated rings. The van der Waals surface area contributed by atoms with E-state index in [4.69, 9.17) is 9.40 Å². The van der Waals surface area contributed by atoms with Crippen molar-refractivity contribution in [2.75, 3.05) is 6.54 Å². The summed E-state index contributed by atoms with van der Waals surface area (Å²) in [5, 5.41) is 11.9. The smallest absolute Gasteiger partial charge is 0.203 e. The Hall–Kier alpha value is -3.12. The van der Waals surface area contributed by atoms with Gasteiger partial charge in [0, 0.05) is 26.2 Å². The fourth-order valence-corrected chi connectivity index (χ4v) is 7.56. The zero-order valence-electron chi connectivity index (χ0n) is 22.8. The Kier molecular flexibility index (Phi) is 5.36. The highest BCUT2D eigenvalue weighted by atomic mass is 16.3. The van der Waals surface area contributed by atoms with Crippen LogP contribution in [-0.2, 0) is 20.0 Å². The molecule has 1 N–H and O–H groups in total. The van der Waals surface area contributed by atoms with Crippen LogP contribution < -0.4 is 5.43 Å². The summed E-state index contributed by atoms with van der Waals surface area (Å²) < 4.78 is 8.39. The van der Waals surface area contributed by atoms with Gasteiger partial charge in [0.25, 0.3) is 0 Å². The number of phenols is 1. The highest BCUT2D eigenvalue weighted by molar-refractivity contribution is 5.88. The van der Waals surface area contributed by atoms with Crippen molar-refractivity contribution in [1.29, 1.82) is 0 Å². The molecule has 6 rings (SSSR count). The van der Waals surface area contributed by atoms with Crippen molar-refractivity contribution in [3.05, 3.63) is 57.4 Å². The molecule has 4 aromatic rings. The number of phenolic OH excluding ortho intramolecular Hbond substituents is 1. The van der Waals surface area contributed by atoms with E-state index in [1.807, 2.05) is 55.8 Å². The fourth-order valence-electron chi connectivity index (χ4n) is 7.56. The Morgan fingerprint density at radius 3 is 2.68 bits per heavy atom. The Morgan fingerprint density at radius 2 is 1.95 bits per heavy atom. The minimum absolute atomic E-state index is 0.0960. The summed E-state index contributed by atoms with van der Waals surface area (Å²) in [4.78, 5) is 21.3. The molecule has 1 aliphatic heterocycles. The fraction of sp³-hybridized carbons (Fsp3) is 0.484. The quantitative estimate of drug-likeness (QED) is 0.356. The normalized spacial score (nSPS) is 23.4. The number of hydrogen-bond donors (Lipinski definition) is 1. The van der Waals surface area contributed by atoms with Gasteiger partial charge in [0.15, 0.2) is 0 Å². The van der Waals surface area contributed by atoms with Gasteiger partial charge in [-0.25, -0.2) is 4.98 Å². The molecule has 3 heterocycles. The van der Waals surface area contributed by atoms with Crippen LogP contribution in [0, 0.1) is 17.8 Å². The maximum absolute atomic E-state index is 14.1. The molecule has 1 saturated carbocycles. The first kappa shape index (κ1) is 24.2. The van der Waals surface area contributed by atoms with E-state index in [1.165, 1.54) is 12.8 Å². The molecule has 37 heavy (non-hydrogen) atoms. The second-order valence-corrected chi connectivity index (χ2v) is 12.6. The molecule has 0 unspecified atom stereocenters. The average Bonchev–Trinajstić information content (AvgIpc) is 3.27. The Balaban J connectivity index is 1.51. The molecule has 2 aromatic carbocycles. The largest absolute Gasteiger partial charge is 0.507 e. The average molecular weight is 500 g/mol. The molecule has 6 heteroatoms. The molecule has 2 bridgehead atoms. The van der Waals surface area contributed by atoms with Crippen molar-refractivity contribution in [3.63, 3.8) is 0 Å². The number of imidazole rings is 1. The zero-order chi connectivity index (χ0) is 26.3. The number of aryl methyl sites for hydroxylation is 3. The summed E-state index contributed by atoms with van der Waals surface area (Å²) in [6.45, 7) is 12.6. The summed E-state index contributed by atoms with van der Waals surface area (Å²) in [5.41, 5.74) is 4.81. The molecule has 194 valence electrons. The van der Waals surface area contributed by atoms with Crippen LogP contribution in [0.1, 0.15) is 63.8 Å². The highest BCUT2D eigenvalue weighted by Gasteiger charge is 2.49. The van der Waals surface area contributed by atoms with Gasteiger partial charge >= 0.3 is 0 Å². The molecule has 0 radical (unpaired) electrons. The minimum atomic E-state index is -0.0960. The molecule has 2 aliphatic rings. The second kappa shape index (κ2) is 8.19. The maximum Gasteiger partial charge on any atom is 0.203 e. The lowest BCUT2D eigenvalue weighted by molar-refractivity contribution is 0.126. The third kappa shape index (κ3) is 3.80. The number of para-hydroxylation sites is 2. The molecule has 1 saturated heterocycles. The SMILES string of the molecule is CCc1cc2c(=O)c(-c3nc4ccccc4n3C)c(C)oc2c(CN2C[C@@]3(C)C[C@@H]2CC(C)(C)C3)c1O. The van der Waals surface area contributed by atoms with Crippen molar-refractivity contribution >= 4 is 22.0 Å². The van der Waals surface area contributed by atoms with E-state index in [2.05, 4.69) is 25.7 Å². The van der Waals surface area contributed by atoms with Crippen molar-refractivity contribution in [2.45, 2.75) is 72.9 Å². The number of hydrogen-bond acceptors (Lipinski definition) is 5. The summed E-state index contributed by atoms with van der Waals surface area (Å²) in [7, 11) is 1.93. The molecule has 6 nitrogen and oxygen atoms in total. The van der Waals surface area contributed by atoms with Crippen molar-refractivity contribution in [2.24, 2.45) is 17.9 Å². The lowest BCUT2D eigenvalue weighted by Gasteiger charge is -2.40. The monoisotopic (exact) mass is 499 g/mol. The van der Waals surface area contributed by atoms with Crippen molar-refractivity contribution < 1.29 is 9.52 Å². The third-order valence-corrected chi connectivity index (χ3v) is 8.78. The van der Waals surface area contributed by atoms with Crippen LogP contribution in [0.5, 0.6) is 5.75 Å². The molecule has 0 spiro atoms. The third-order valence-electron chi connectivity index (χ3n) is 8.78. The van der Waals surface area contributed by atoms with Crippen LogP contribution in [-0.4, -0.2) is 32.1 Å². The predicted molar refractivity (Wildman–Crippen MR) is 148 cm³/mol. The number of benzene rings is 2. The van der Waals surface area contributed by atoms with Gasteiger partial charge in [-0.3, -0.25) is 9.69 Å². The first-order valence-electron chi connectivity index (χ1n) is 13.5. The van der Waals surface area contributed by atoms with Crippen LogP contribution in [0.25, 0.3) is 33.4 Å². The van der Waals surface area contributed by atoms with E-state index >= 15 is 0 Å². The first-order chi connectivity index (χ1) is 17.5. The van der Waals surface area contributed by atoms with Crippen LogP contribution in [0.4, 0.5) is 0 Å². The minimum Gasteiger partial charge on any atom is -0.507 e. The Bertz CT molecular complexity index is 1610. The lowest BCUT2D eigenvalue weighted by Crippen LogP contribution is -2.34.